The molecule has 0 aromatic carbocycles. The summed E-state index contributed by atoms with van der Waals surface area (Å²) in [5.74, 6) is -0.677. The average molecular weight is 826 g/mol. The summed E-state index contributed by atoms with van der Waals surface area (Å²) in [5.41, 5.74) is 12.9. The molecule has 0 aliphatic rings. The molecule has 0 unspecified atom stereocenters. The predicted molar refractivity (Wildman–Crippen MR) is 71.5 cm³/mol. The van der Waals surface area contributed by atoms with Crippen LogP contribution >= 0.6 is 0 Å². The van der Waals surface area contributed by atoms with Crippen molar-refractivity contribution >= 4 is 24.1 Å². The van der Waals surface area contributed by atoms with Crippen LogP contribution in [0.25, 0.3) is 11.5 Å². The largest absolute Gasteiger partial charge is 0.447 e. The number of urea groups is 2. The number of amides is 6. The number of alkyl carbamates (subject to hydrolysis) is 1. The fourth-order valence-electron chi connectivity index (χ4n) is 0.653. The number of ether oxygens (including phenoxy) is 1. The molecule has 0 aliphatic heterocycles. The quantitative estimate of drug-likeness (QED) is 0.286. The second-order valence-electron chi connectivity index (χ2n) is 2.72. The number of carbonyl (C=O) groups is 4. The Morgan fingerprint density at radius 1 is 0.773 bits per heavy atom. The maximum atomic E-state index is 11.0. The Bertz CT molecular complexity index is 312. The molecule has 11 nitrogen and oxygen atoms in total. The van der Waals surface area contributed by atoms with Crippen LogP contribution < -0.4 is 21.3 Å². The maximum Gasteiger partial charge on any atom is 0.407 e. The van der Waals surface area contributed by atoms with Crippen molar-refractivity contribution < 1.29 is 23.9 Å². The monoisotopic (exact) mass is 826 g/mol. The fraction of sp³-hybridized carbons (Fsp3) is 0.556. The van der Waals surface area contributed by atoms with Crippen molar-refractivity contribution in [3.63, 3.8) is 0 Å². The van der Waals surface area contributed by atoms with Crippen molar-refractivity contribution in [2.24, 2.45) is 0 Å². The van der Waals surface area contributed by atoms with Gasteiger partial charge in [0.15, 0.2) is 18.7 Å². The minimum absolute atomic E-state index is 0. The van der Waals surface area contributed by atoms with Gasteiger partial charge in [-0.1, -0.05) is 14.9 Å². The van der Waals surface area contributed by atoms with E-state index in [0.717, 1.165) is 0 Å². The first-order chi connectivity index (χ1) is 8.41. The zero-order valence-electron chi connectivity index (χ0n) is 10.6. The summed E-state index contributed by atoms with van der Waals surface area (Å²) in [6.45, 7) is -1.13. The van der Waals surface area contributed by atoms with E-state index in [-0.39, 0.29) is 28.2 Å². The molecule has 6 N–H and O–H groups in total. The van der Waals surface area contributed by atoms with Crippen LogP contribution in [0.5, 0.6) is 0 Å². The molecule has 0 aliphatic carbocycles. The molecule has 0 atom stereocenters. The Labute approximate surface area is 116 Å². The van der Waals surface area contributed by atoms with Crippen LogP contribution in [0.3, 0.4) is 0 Å². The molecule has 22 heavy (non-hydrogen) atoms. The van der Waals surface area contributed by atoms with Crippen molar-refractivity contribution in [1.29, 1.82) is 0 Å². The standard InChI is InChI=1S/C7H14N6O5.2CH4.2Rf/c8-5(15)11-2-10-4(14)1-18-7(17)13-3-12-6(9)16;;;;/h1-3H2,(H8,8,9,10,11,12,13,14,15,16,17);2*1H4;;/p-2. The molecular formula is C9H20N6O5Rf2-2. The van der Waals surface area contributed by atoms with Crippen LogP contribution in [-0.4, -0.2) is 44.0 Å². The first kappa shape index (κ1) is 30.4. The Hall–Kier alpha value is -4.72. The van der Waals surface area contributed by atoms with Crippen molar-refractivity contribution in [1.82, 2.24) is 21.3 Å². The molecule has 122 valence electrons. The molecular weight excluding hydrogens is 806 g/mol. The maximum absolute atomic E-state index is 11.0. The number of nitrogens with one attached hydrogen (secondary N) is 6. The van der Waals surface area contributed by atoms with Gasteiger partial charge >= 0.3 is 6.09 Å². The molecule has 0 rings (SSSR count). The SMILES string of the molecule is C.C.[NH-]C(=O)NCNC(=O)COC(=O)NCNC([NH-])=O.[Rf].[Rf]. The summed E-state index contributed by atoms with van der Waals surface area (Å²) in [6, 6.07) is -2.13. The van der Waals surface area contributed by atoms with Gasteiger partial charge in [-0.05, 0) is 0 Å². The van der Waals surface area contributed by atoms with E-state index in [2.05, 4.69) is 15.4 Å². The van der Waals surface area contributed by atoms with E-state index in [0.29, 0.717) is 0 Å². The summed E-state index contributed by atoms with van der Waals surface area (Å²) in [6.07, 6.45) is -0.955. The molecule has 0 bridgehead atoms. The molecule has 0 aromatic rings. The van der Waals surface area contributed by atoms with E-state index in [4.69, 9.17) is 11.5 Å². The minimum atomic E-state index is -1.07. The third-order valence-electron chi connectivity index (χ3n) is 1.35. The van der Waals surface area contributed by atoms with Gasteiger partial charge in [0.05, 0.1) is 0 Å². The fourth-order valence-corrected chi connectivity index (χ4v) is 0.653. The number of hydrogen-bond donors (Lipinski definition) is 4. The predicted octanol–water partition coefficient (Wildman–Crippen LogP) is 0.540. The first-order valence-electron chi connectivity index (χ1n) is 4.58. The van der Waals surface area contributed by atoms with Crippen LogP contribution in [0.2, 0.25) is 0 Å². The number of rotatable bonds is 6. The Morgan fingerprint density at radius 2 is 1.18 bits per heavy atom. The summed E-state index contributed by atoms with van der Waals surface area (Å²) in [5, 5.41) is 8.14. The third kappa shape index (κ3) is 20.7. The van der Waals surface area contributed by atoms with Crippen molar-refractivity contribution in [2.45, 2.75) is 14.9 Å². The summed E-state index contributed by atoms with van der Waals surface area (Å²) in [4.78, 5) is 42.1. The van der Waals surface area contributed by atoms with E-state index in [1.807, 2.05) is 10.6 Å². The molecule has 0 aromatic heterocycles. The first-order valence-corrected chi connectivity index (χ1v) is 4.58. The van der Waals surface area contributed by atoms with Crippen LogP contribution in [-0.2, 0) is 9.53 Å². The van der Waals surface area contributed by atoms with Gasteiger partial charge in [0.25, 0.3) is 5.91 Å². The zero-order chi connectivity index (χ0) is 14.0. The zero-order valence-corrected chi connectivity index (χ0v) is 23.4. The summed E-state index contributed by atoms with van der Waals surface area (Å²) in [7, 11) is 0. The van der Waals surface area contributed by atoms with E-state index in [1.54, 1.807) is 0 Å². The Kier molecular flexibility index (Phi) is 22.5. The Morgan fingerprint density at radius 3 is 1.59 bits per heavy atom. The molecule has 0 heterocycles. The van der Waals surface area contributed by atoms with E-state index in [1.165, 1.54) is 0 Å². The number of hydrogen-bond acceptors (Lipinski definition) is 5. The van der Waals surface area contributed by atoms with Crippen LogP contribution in [0.4, 0.5) is 14.4 Å². The van der Waals surface area contributed by atoms with Crippen molar-refractivity contribution in [3.05, 3.63) is 11.5 Å². The van der Waals surface area contributed by atoms with Crippen molar-refractivity contribution in [3.8, 4) is 0 Å². The second-order valence-corrected chi connectivity index (χ2v) is 2.72. The summed E-state index contributed by atoms with van der Waals surface area (Å²) < 4.78 is 4.41. The molecule has 0 spiro atoms. The Balaban J connectivity index is -0.000000241. The smallest absolute Gasteiger partial charge is 0.407 e. The average Bonchev–Trinajstić information content (AvgIpc) is 2.25. The van der Waals surface area contributed by atoms with Crippen molar-refractivity contribution in [2.75, 3.05) is 19.9 Å². The molecule has 13 heteroatoms. The van der Waals surface area contributed by atoms with Gasteiger partial charge in [0.2, 0.25) is 0 Å². The van der Waals surface area contributed by atoms with Gasteiger partial charge < -0.3 is 37.5 Å². The molecule has 0 saturated heterocycles. The van der Waals surface area contributed by atoms with Gasteiger partial charge in [-0.25, -0.2) is 4.79 Å². The third-order valence-corrected chi connectivity index (χ3v) is 1.35. The van der Waals surface area contributed by atoms with Crippen LogP contribution in [0.1, 0.15) is 14.9 Å². The molecule has 0 radical (unpaired) electrons. The van der Waals surface area contributed by atoms with Gasteiger partial charge in [0.1, 0.15) is 0 Å². The molecule has 0 fully saturated rings. The molecule has 6 amide bonds. The second kappa shape index (κ2) is 16.3. The van der Waals surface area contributed by atoms with Gasteiger partial charge in [-0.15, -0.1) is 0 Å². The molecule has 0 saturated carbocycles. The summed E-state index contributed by atoms with van der Waals surface area (Å²) >= 11 is 0. The van der Waals surface area contributed by atoms with Gasteiger partial charge in [0, 0.05) is 13.3 Å². The number of carbonyl (C=O) groups excluding carboxylic acids is 4. The van der Waals surface area contributed by atoms with Gasteiger partial charge in [-0.2, -0.15) is 0 Å². The van der Waals surface area contributed by atoms with Crippen LogP contribution in [0.15, 0.2) is 0 Å². The minimum Gasteiger partial charge on any atom is -0.447 e. The van der Waals surface area contributed by atoms with E-state index < -0.39 is 30.7 Å². The van der Waals surface area contributed by atoms with Gasteiger partial charge in [-0.3, -0.25) is 14.4 Å². The normalized spacial score (nSPS) is 7.27. The van der Waals surface area contributed by atoms with Crippen LogP contribution in [0, 0.1) is 0 Å². The van der Waals surface area contributed by atoms with E-state index in [9.17, 15) is 19.2 Å². The van der Waals surface area contributed by atoms with E-state index >= 15 is 0 Å². The topological polar surface area (TPSA) is 173 Å².